The molecule has 1 aromatic heterocycles. The van der Waals surface area contributed by atoms with Crippen LogP contribution in [0, 0.1) is 5.92 Å². The molecule has 28 heavy (non-hydrogen) atoms. The summed E-state index contributed by atoms with van der Waals surface area (Å²) < 4.78 is 6.51. The Morgan fingerprint density at radius 2 is 2.07 bits per heavy atom. The number of pyridine rings is 1. The van der Waals surface area contributed by atoms with Crippen LogP contribution in [0.15, 0.2) is 47.1 Å². The number of hydrogen-bond acceptors (Lipinski definition) is 4. The van der Waals surface area contributed by atoms with Crippen molar-refractivity contribution in [3.63, 3.8) is 0 Å². The lowest BCUT2D eigenvalue weighted by Crippen LogP contribution is -2.18. The highest BCUT2D eigenvalue weighted by atomic mass is 79.9. The predicted octanol–water partition coefficient (Wildman–Crippen LogP) is 5.45. The smallest absolute Gasteiger partial charge is 0.211 e. The highest BCUT2D eigenvalue weighted by molar-refractivity contribution is 9.10. The zero-order chi connectivity index (χ0) is 19.7. The van der Waals surface area contributed by atoms with E-state index in [0.717, 1.165) is 37.9 Å². The summed E-state index contributed by atoms with van der Waals surface area (Å²) in [7, 11) is 1.67. The number of ether oxygens (including phenoxy) is 1. The standard InChI is InChI=1S/C22H22BrN3O2/c1-13(14-3-4-14)26-22-17-7-5-15(9-19(17)24-11-20(22)25-12-27)18-10-16(23)6-8-21(18)28-2/h5-14H,3-4H2,1-2H3,(H,24,26)(H,25,27)/t13-/m1/s1. The molecule has 2 aromatic carbocycles. The van der Waals surface area contributed by atoms with Crippen molar-refractivity contribution >= 4 is 44.6 Å². The van der Waals surface area contributed by atoms with Crippen LogP contribution in [0.1, 0.15) is 19.8 Å². The van der Waals surface area contributed by atoms with E-state index in [4.69, 9.17) is 4.74 Å². The normalized spacial score (nSPS) is 14.5. The van der Waals surface area contributed by atoms with Crippen LogP contribution in [0.4, 0.5) is 11.4 Å². The minimum Gasteiger partial charge on any atom is -0.496 e. The lowest BCUT2D eigenvalue weighted by Gasteiger charge is -2.19. The molecule has 0 saturated heterocycles. The van der Waals surface area contributed by atoms with Gasteiger partial charge < -0.3 is 15.4 Å². The van der Waals surface area contributed by atoms with Gasteiger partial charge in [0.25, 0.3) is 0 Å². The molecular formula is C22H22BrN3O2. The second-order valence-electron chi connectivity index (χ2n) is 7.16. The molecule has 144 valence electrons. The van der Waals surface area contributed by atoms with Gasteiger partial charge in [-0.15, -0.1) is 0 Å². The van der Waals surface area contributed by atoms with E-state index >= 15 is 0 Å². The third-order valence-corrected chi connectivity index (χ3v) is 5.75. The van der Waals surface area contributed by atoms with E-state index < -0.39 is 0 Å². The summed E-state index contributed by atoms with van der Waals surface area (Å²) in [6, 6.07) is 12.5. The number of methoxy groups -OCH3 is 1. The number of carbonyl (C=O) groups is 1. The Kier molecular flexibility index (Phi) is 5.22. The van der Waals surface area contributed by atoms with Gasteiger partial charge in [0.2, 0.25) is 6.41 Å². The van der Waals surface area contributed by atoms with Gasteiger partial charge in [-0.25, -0.2) is 0 Å². The first-order valence-electron chi connectivity index (χ1n) is 9.34. The first-order valence-corrected chi connectivity index (χ1v) is 10.1. The zero-order valence-corrected chi connectivity index (χ0v) is 17.4. The maximum Gasteiger partial charge on any atom is 0.211 e. The highest BCUT2D eigenvalue weighted by Crippen LogP contribution is 2.39. The fourth-order valence-electron chi connectivity index (χ4n) is 3.54. The molecule has 1 aliphatic rings. The Labute approximate surface area is 172 Å². The number of nitrogens with one attached hydrogen (secondary N) is 2. The molecule has 6 heteroatoms. The Bertz CT molecular complexity index is 1030. The number of halogens is 1. The van der Waals surface area contributed by atoms with E-state index in [1.165, 1.54) is 12.8 Å². The molecule has 2 N–H and O–H groups in total. The van der Waals surface area contributed by atoms with Gasteiger partial charge in [-0.1, -0.05) is 28.1 Å². The Morgan fingerprint density at radius 1 is 1.25 bits per heavy atom. The molecule has 0 spiro atoms. The maximum absolute atomic E-state index is 11.1. The van der Waals surface area contributed by atoms with Crippen LogP contribution < -0.4 is 15.4 Å². The van der Waals surface area contributed by atoms with E-state index in [9.17, 15) is 4.79 Å². The van der Waals surface area contributed by atoms with Crippen molar-refractivity contribution in [2.75, 3.05) is 17.7 Å². The summed E-state index contributed by atoms with van der Waals surface area (Å²) in [6.07, 6.45) is 4.90. The maximum atomic E-state index is 11.1. The summed E-state index contributed by atoms with van der Waals surface area (Å²) in [5, 5.41) is 7.35. The molecule has 5 nitrogen and oxygen atoms in total. The highest BCUT2D eigenvalue weighted by Gasteiger charge is 2.28. The number of fused-ring (bicyclic) bond motifs is 1. The topological polar surface area (TPSA) is 63.2 Å². The van der Waals surface area contributed by atoms with E-state index in [2.05, 4.69) is 56.7 Å². The Morgan fingerprint density at radius 3 is 2.79 bits per heavy atom. The van der Waals surface area contributed by atoms with Crippen molar-refractivity contribution in [3.8, 4) is 16.9 Å². The number of amides is 1. The van der Waals surface area contributed by atoms with Gasteiger partial charge in [0.1, 0.15) is 5.75 Å². The van der Waals surface area contributed by atoms with E-state index in [1.54, 1.807) is 13.3 Å². The number of anilines is 2. The van der Waals surface area contributed by atoms with Crippen molar-refractivity contribution in [3.05, 3.63) is 47.1 Å². The van der Waals surface area contributed by atoms with Crippen molar-refractivity contribution in [1.29, 1.82) is 0 Å². The van der Waals surface area contributed by atoms with Crippen LogP contribution in [-0.2, 0) is 4.79 Å². The summed E-state index contributed by atoms with van der Waals surface area (Å²) >= 11 is 3.53. The summed E-state index contributed by atoms with van der Waals surface area (Å²) in [4.78, 5) is 15.6. The first kappa shape index (κ1) is 18.7. The fraction of sp³-hybridized carbons (Fsp3) is 0.273. The zero-order valence-electron chi connectivity index (χ0n) is 15.8. The second-order valence-corrected chi connectivity index (χ2v) is 8.07. The molecule has 0 unspecified atom stereocenters. The average molecular weight is 440 g/mol. The van der Waals surface area contributed by atoms with E-state index in [-0.39, 0.29) is 0 Å². The predicted molar refractivity (Wildman–Crippen MR) is 117 cm³/mol. The molecule has 1 saturated carbocycles. The average Bonchev–Trinajstić information content (AvgIpc) is 3.55. The number of hydrogen-bond donors (Lipinski definition) is 2. The largest absolute Gasteiger partial charge is 0.496 e. The molecule has 4 rings (SSSR count). The number of aromatic nitrogens is 1. The van der Waals surface area contributed by atoms with Crippen LogP contribution in [0.3, 0.4) is 0 Å². The second kappa shape index (κ2) is 7.80. The van der Waals surface area contributed by atoms with Gasteiger partial charge in [-0.05, 0) is 55.5 Å². The van der Waals surface area contributed by atoms with E-state index in [0.29, 0.717) is 24.1 Å². The number of nitrogens with zero attached hydrogens (tertiary/aromatic N) is 1. The van der Waals surface area contributed by atoms with Gasteiger partial charge in [0.05, 0.1) is 30.2 Å². The fourth-order valence-corrected chi connectivity index (χ4v) is 3.90. The molecule has 1 atom stereocenters. The molecular weight excluding hydrogens is 418 g/mol. The molecule has 1 aliphatic carbocycles. The van der Waals surface area contributed by atoms with Crippen LogP contribution in [-0.4, -0.2) is 24.5 Å². The minimum absolute atomic E-state index is 0.350. The van der Waals surface area contributed by atoms with Crippen molar-refractivity contribution < 1.29 is 9.53 Å². The van der Waals surface area contributed by atoms with Crippen molar-refractivity contribution in [2.24, 2.45) is 5.92 Å². The summed E-state index contributed by atoms with van der Waals surface area (Å²) in [5.41, 5.74) is 4.50. The lowest BCUT2D eigenvalue weighted by atomic mass is 10.0. The van der Waals surface area contributed by atoms with Crippen LogP contribution in [0.5, 0.6) is 5.75 Å². The quantitative estimate of drug-likeness (QED) is 0.480. The molecule has 0 aliphatic heterocycles. The molecule has 1 fully saturated rings. The van der Waals surface area contributed by atoms with Gasteiger partial charge in [0, 0.05) is 21.5 Å². The summed E-state index contributed by atoms with van der Waals surface area (Å²) in [6.45, 7) is 2.19. The van der Waals surface area contributed by atoms with Gasteiger partial charge >= 0.3 is 0 Å². The first-order chi connectivity index (χ1) is 13.6. The Balaban J connectivity index is 1.81. The molecule has 0 bridgehead atoms. The minimum atomic E-state index is 0.350. The molecule has 0 radical (unpaired) electrons. The van der Waals surface area contributed by atoms with Crippen molar-refractivity contribution in [2.45, 2.75) is 25.8 Å². The Hall–Kier alpha value is -2.60. The molecule has 1 heterocycles. The van der Waals surface area contributed by atoms with Gasteiger partial charge in [-0.3, -0.25) is 9.78 Å². The van der Waals surface area contributed by atoms with E-state index in [1.807, 2.05) is 18.2 Å². The van der Waals surface area contributed by atoms with Gasteiger partial charge in [0.15, 0.2) is 0 Å². The number of carbonyl (C=O) groups excluding carboxylic acids is 1. The molecule has 1 amide bonds. The van der Waals surface area contributed by atoms with Gasteiger partial charge in [-0.2, -0.15) is 0 Å². The lowest BCUT2D eigenvalue weighted by molar-refractivity contribution is -0.105. The van der Waals surface area contributed by atoms with Crippen molar-refractivity contribution in [1.82, 2.24) is 4.98 Å². The monoisotopic (exact) mass is 439 g/mol. The third-order valence-electron chi connectivity index (χ3n) is 5.26. The SMILES string of the molecule is COc1ccc(Br)cc1-c1ccc2c(N[C@H](C)C3CC3)c(NC=O)cnc2c1. The third kappa shape index (κ3) is 3.69. The molecule has 3 aromatic rings. The number of benzene rings is 2. The van der Waals surface area contributed by atoms with Crippen LogP contribution >= 0.6 is 15.9 Å². The number of rotatable bonds is 7. The van der Waals surface area contributed by atoms with Crippen LogP contribution in [0.25, 0.3) is 22.0 Å². The van der Waals surface area contributed by atoms with Crippen LogP contribution in [0.2, 0.25) is 0 Å². The summed E-state index contributed by atoms with van der Waals surface area (Å²) in [5.74, 6) is 1.50.